The molecule has 0 aliphatic carbocycles. The Bertz CT molecular complexity index is 1110. The van der Waals surface area contributed by atoms with Crippen LogP contribution in [0.1, 0.15) is 40.7 Å². The second-order valence-electron chi connectivity index (χ2n) is 8.02. The van der Waals surface area contributed by atoms with E-state index in [-0.39, 0.29) is 10.5 Å². The van der Waals surface area contributed by atoms with Crippen LogP contribution >= 0.6 is 0 Å². The molecule has 0 aromatic heterocycles. The van der Waals surface area contributed by atoms with Gasteiger partial charge in [-0.2, -0.15) is 17.5 Å². The van der Waals surface area contributed by atoms with Crippen molar-refractivity contribution in [1.82, 2.24) is 4.31 Å². The van der Waals surface area contributed by atoms with Crippen molar-refractivity contribution in [2.45, 2.75) is 37.3 Å². The molecule has 0 saturated carbocycles. The van der Waals surface area contributed by atoms with Crippen molar-refractivity contribution in [3.63, 3.8) is 0 Å². The van der Waals surface area contributed by atoms with Crippen LogP contribution in [0.3, 0.4) is 0 Å². The molecule has 10 heteroatoms. The van der Waals surface area contributed by atoms with Crippen LogP contribution in [0.5, 0.6) is 0 Å². The average molecular weight is 470 g/mol. The zero-order chi connectivity index (χ0) is 23.7. The van der Waals surface area contributed by atoms with E-state index in [4.69, 9.17) is 0 Å². The molecule has 1 heterocycles. The van der Waals surface area contributed by atoms with E-state index in [9.17, 15) is 26.4 Å². The van der Waals surface area contributed by atoms with Gasteiger partial charge in [-0.05, 0) is 55.7 Å². The molecule has 0 atom stereocenters. The fourth-order valence-electron chi connectivity index (χ4n) is 3.60. The van der Waals surface area contributed by atoms with Gasteiger partial charge in [-0.15, -0.1) is 0 Å². The molecule has 1 aliphatic heterocycles. The molecule has 2 aromatic carbocycles. The molecule has 32 heavy (non-hydrogen) atoms. The molecule has 1 saturated heterocycles. The Hall–Kier alpha value is -2.59. The number of sulfonamides is 1. The third-order valence-electron chi connectivity index (χ3n) is 5.48. The Labute approximate surface area is 186 Å². The lowest BCUT2D eigenvalue weighted by Gasteiger charge is -2.26. The summed E-state index contributed by atoms with van der Waals surface area (Å²) >= 11 is 0. The van der Waals surface area contributed by atoms with E-state index in [1.165, 1.54) is 39.5 Å². The molecular formula is C22H26F3N3O3S. The van der Waals surface area contributed by atoms with E-state index in [1.807, 2.05) is 0 Å². The minimum atomic E-state index is -4.68. The summed E-state index contributed by atoms with van der Waals surface area (Å²) in [5.74, 6) is -0.804. The van der Waals surface area contributed by atoms with E-state index in [2.05, 4.69) is 5.32 Å². The average Bonchev–Trinajstić information content (AvgIpc) is 2.73. The summed E-state index contributed by atoms with van der Waals surface area (Å²) in [6.45, 7) is 2.42. The highest BCUT2D eigenvalue weighted by molar-refractivity contribution is 7.89. The van der Waals surface area contributed by atoms with Crippen LogP contribution in [0, 0.1) is 6.92 Å². The molecular weight excluding hydrogens is 443 g/mol. The summed E-state index contributed by atoms with van der Waals surface area (Å²) in [6.07, 6.45) is -2.19. The van der Waals surface area contributed by atoms with Gasteiger partial charge in [0.2, 0.25) is 10.0 Å². The van der Waals surface area contributed by atoms with Crippen molar-refractivity contribution in [3.05, 3.63) is 53.1 Å². The monoisotopic (exact) mass is 469 g/mol. The van der Waals surface area contributed by atoms with Crippen molar-refractivity contribution in [2.75, 3.05) is 37.4 Å². The maximum absolute atomic E-state index is 13.6. The molecule has 1 N–H and O–H groups in total. The molecule has 0 radical (unpaired) electrons. The smallest absolute Gasteiger partial charge is 0.378 e. The molecule has 1 amide bonds. The van der Waals surface area contributed by atoms with Gasteiger partial charge in [0.25, 0.3) is 5.91 Å². The Morgan fingerprint density at radius 2 is 1.69 bits per heavy atom. The summed E-state index contributed by atoms with van der Waals surface area (Å²) < 4.78 is 68.1. The quantitative estimate of drug-likeness (QED) is 0.700. The number of hydrogen-bond donors (Lipinski definition) is 1. The molecule has 3 rings (SSSR count). The number of halogens is 3. The number of carbonyl (C=O) groups is 1. The Kier molecular flexibility index (Phi) is 6.85. The van der Waals surface area contributed by atoms with Crippen LogP contribution < -0.4 is 10.2 Å². The Morgan fingerprint density at radius 1 is 1.03 bits per heavy atom. The van der Waals surface area contributed by atoms with Crippen LogP contribution in [0.15, 0.2) is 41.3 Å². The number of nitrogens with one attached hydrogen (secondary N) is 1. The van der Waals surface area contributed by atoms with Gasteiger partial charge in [0.15, 0.2) is 0 Å². The normalized spacial score (nSPS) is 15.4. The van der Waals surface area contributed by atoms with Gasteiger partial charge in [0.05, 0.1) is 16.1 Å². The second kappa shape index (κ2) is 9.11. The second-order valence-corrected chi connectivity index (χ2v) is 9.96. The number of piperidine rings is 1. The molecule has 0 bridgehead atoms. The summed E-state index contributed by atoms with van der Waals surface area (Å²) in [5.41, 5.74) is -0.573. The standard InChI is InChI=1S/C22H26F3N3O3S/c1-15-7-9-17(32(30,31)28-11-5-4-6-12-28)14-18(15)21(29)26-20-10-8-16(27(2)3)13-19(20)22(23,24)25/h7-10,13-14H,4-6,11-12H2,1-3H3,(H,26,29). The van der Waals surface area contributed by atoms with Crippen molar-refractivity contribution in [1.29, 1.82) is 0 Å². The third-order valence-corrected chi connectivity index (χ3v) is 7.37. The number of nitrogens with zero attached hydrogens (tertiary/aromatic N) is 2. The number of amides is 1. The van der Waals surface area contributed by atoms with Crippen LogP contribution in [0.4, 0.5) is 24.5 Å². The van der Waals surface area contributed by atoms with Gasteiger partial charge in [-0.1, -0.05) is 12.5 Å². The first-order valence-corrected chi connectivity index (χ1v) is 11.7. The van der Waals surface area contributed by atoms with Gasteiger partial charge in [0, 0.05) is 38.4 Å². The number of aryl methyl sites for hydroxylation is 1. The van der Waals surface area contributed by atoms with Crippen molar-refractivity contribution < 1.29 is 26.4 Å². The molecule has 2 aromatic rings. The number of carbonyl (C=O) groups excluding carboxylic acids is 1. The van der Waals surface area contributed by atoms with Crippen molar-refractivity contribution in [2.24, 2.45) is 0 Å². The predicted molar refractivity (Wildman–Crippen MR) is 118 cm³/mol. The number of hydrogen-bond acceptors (Lipinski definition) is 4. The van der Waals surface area contributed by atoms with E-state index < -0.39 is 33.4 Å². The summed E-state index contributed by atoms with van der Waals surface area (Å²) in [4.78, 5) is 14.4. The number of alkyl halides is 3. The lowest BCUT2D eigenvalue weighted by Crippen LogP contribution is -2.35. The lowest BCUT2D eigenvalue weighted by molar-refractivity contribution is -0.136. The number of anilines is 2. The van der Waals surface area contributed by atoms with Crippen LogP contribution in [0.2, 0.25) is 0 Å². The lowest BCUT2D eigenvalue weighted by atomic mass is 10.1. The first-order chi connectivity index (χ1) is 14.9. The number of benzene rings is 2. The van der Waals surface area contributed by atoms with Gasteiger partial charge >= 0.3 is 6.18 Å². The minimum Gasteiger partial charge on any atom is -0.378 e. The highest BCUT2D eigenvalue weighted by atomic mass is 32.2. The molecule has 6 nitrogen and oxygen atoms in total. The number of rotatable bonds is 5. The van der Waals surface area contributed by atoms with Crippen LogP contribution in [-0.2, 0) is 16.2 Å². The molecule has 0 unspecified atom stereocenters. The SMILES string of the molecule is Cc1ccc(S(=O)(=O)N2CCCCC2)cc1C(=O)Nc1ccc(N(C)C)cc1C(F)(F)F. The summed E-state index contributed by atoms with van der Waals surface area (Å²) in [6, 6.07) is 7.76. The summed E-state index contributed by atoms with van der Waals surface area (Å²) in [7, 11) is -0.554. The molecule has 174 valence electrons. The third kappa shape index (κ3) is 5.07. The fourth-order valence-corrected chi connectivity index (χ4v) is 5.15. The van der Waals surface area contributed by atoms with Crippen molar-refractivity contribution in [3.8, 4) is 0 Å². The van der Waals surface area contributed by atoms with Gasteiger partial charge in [0.1, 0.15) is 0 Å². The Balaban J connectivity index is 1.95. The Morgan fingerprint density at radius 3 is 2.28 bits per heavy atom. The first kappa shape index (κ1) is 24.1. The molecule has 1 aliphatic rings. The van der Waals surface area contributed by atoms with Gasteiger partial charge in [-0.25, -0.2) is 8.42 Å². The van der Waals surface area contributed by atoms with E-state index >= 15 is 0 Å². The highest BCUT2D eigenvalue weighted by Gasteiger charge is 2.35. The molecule has 1 fully saturated rings. The van der Waals surface area contributed by atoms with Crippen LogP contribution in [-0.4, -0.2) is 45.8 Å². The van der Waals surface area contributed by atoms with Gasteiger partial charge < -0.3 is 10.2 Å². The predicted octanol–water partition coefficient (Wildman–Crippen LogP) is 4.51. The van der Waals surface area contributed by atoms with E-state index in [1.54, 1.807) is 21.0 Å². The fraction of sp³-hybridized carbons (Fsp3) is 0.409. The van der Waals surface area contributed by atoms with Crippen LogP contribution in [0.25, 0.3) is 0 Å². The summed E-state index contributed by atoms with van der Waals surface area (Å²) in [5, 5.41) is 2.31. The highest BCUT2D eigenvalue weighted by Crippen LogP contribution is 2.37. The largest absolute Gasteiger partial charge is 0.418 e. The van der Waals surface area contributed by atoms with E-state index in [0.29, 0.717) is 24.3 Å². The zero-order valence-corrected chi connectivity index (χ0v) is 19.0. The van der Waals surface area contributed by atoms with Gasteiger partial charge in [-0.3, -0.25) is 4.79 Å². The minimum absolute atomic E-state index is 0.00731. The zero-order valence-electron chi connectivity index (χ0n) is 18.2. The van der Waals surface area contributed by atoms with E-state index in [0.717, 1.165) is 25.3 Å². The topological polar surface area (TPSA) is 69.7 Å². The maximum atomic E-state index is 13.6. The first-order valence-electron chi connectivity index (χ1n) is 10.2. The molecule has 0 spiro atoms. The maximum Gasteiger partial charge on any atom is 0.418 e. The van der Waals surface area contributed by atoms with Crippen molar-refractivity contribution >= 4 is 27.3 Å².